The summed E-state index contributed by atoms with van der Waals surface area (Å²) >= 11 is 0. The van der Waals surface area contributed by atoms with Crippen molar-refractivity contribution in [2.24, 2.45) is 0 Å². The second kappa shape index (κ2) is 8.52. The molecule has 0 bridgehead atoms. The van der Waals surface area contributed by atoms with Gasteiger partial charge in [0.1, 0.15) is 0 Å². The van der Waals surface area contributed by atoms with Crippen molar-refractivity contribution < 1.29 is 27.3 Å². The quantitative estimate of drug-likeness (QED) is 0.597. The predicted molar refractivity (Wildman–Crippen MR) is 60.3 cm³/mol. The molecular formula is C12H14CdN2. The van der Waals surface area contributed by atoms with Crippen LogP contribution in [0.1, 0.15) is 0 Å². The summed E-state index contributed by atoms with van der Waals surface area (Å²) in [6.07, 6.45) is 3.54. The maximum Gasteiger partial charge on any atom is 2.00 e. The number of hydrogen-bond donors (Lipinski definition) is 0. The van der Waals surface area contributed by atoms with E-state index in [0.717, 1.165) is 11.4 Å². The van der Waals surface area contributed by atoms with E-state index in [1.54, 1.807) is 12.4 Å². The smallest absolute Gasteiger partial charge is 0.358 e. The SMILES string of the molecule is [CH3-].[CH3-].[Cd+2].c1ccc(-c2ccccn2)nc1. The molecule has 2 aromatic rings. The normalized spacial score (nSPS) is 7.73. The van der Waals surface area contributed by atoms with Gasteiger partial charge in [0.25, 0.3) is 0 Å². The zero-order chi connectivity index (χ0) is 8.23. The van der Waals surface area contributed by atoms with Crippen LogP contribution in [-0.2, 0) is 27.3 Å². The molecule has 0 saturated carbocycles. The van der Waals surface area contributed by atoms with Gasteiger partial charge in [-0.25, -0.2) is 0 Å². The van der Waals surface area contributed by atoms with E-state index in [1.165, 1.54) is 0 Å². The third-order valence-corrected chi connectivity index (χ3v) is 1.59. The first-order valence-electron chi connectivity index (χ1n) is 3.79. The van der Waals surface area contributed by atoms with Crippen LogP contribution in [0.5, 0.6) is 0 Å². The first-order valence-corrected chi connectivity index (χ1v) is 3.79. The van der Waals surface area contributed by atoms with Crippen LogP contribution in [-0.4, -0.2) is 9.97 Å². The van der Waals surface area contributed by atoms with Gasteiger partial charge in [0, 0.05) is 12.4 Å². The van der Waals surface area contributed by atoms with E-state index in [9.17, 15) is 0 Å². The molecule has 0 aromatic carbocycles. The summed E-state index contributed by atoms with van der Waals surface area (Å²) in [5, 5.41) is 0. The molecule has 15 heavy (non-hydrogen) atoms. The fraction of sp³-hybridized carbons (Fsp3) is 0. The zero-order valence-electron chi connectivity index (χ0n) is 9.22. The van der Waals surface area contributed by atoms with Crippen molar-refractivity contribution in [1.82, 2.24) is 9.97 Å². The number of pyridine rings is 2. The van der Waals surface area contributed by atoms with Gasteiger partial charge < -0.3 is 14.9 Å². The summed E-state index contributed by atoms with van der Waals surface area (Å²) < 4.78 is 0. The predicted octanol–water partition coefficient (Wildman–Crippen LogP) is 3.04. The van der Waals surface area contributed by atoms with E-state index in [0.29, 0.717) is 0 Å². The van der Waals surface area contributed by atoms with E-state index in [-0.39, 0.29) is 42.2 Å². The van der Waals surface area contributed by atoms with Crippen molar-refractivity contribution in [2.75, 3.05) is 0 Å². The Morgan fingerprint density at radius 3 is 1.33 bits per heavy atom. The molecule has 0 saturated heterocycles. The van der Waals surface area contributed by atoms with Gasteiger partial charge in [0.2, 0.25) is 0 Å². The van der Waals surface area contributed by atoms with Crippen LogP contribution in [0.2, 0.25) is 0 Å². The van der Waals surface area contributed by atoms with Gasteiger partial charge in [-0.2, -0.15) is 0 Å². The number of aromatic nitrogens is 2. The third kappa shape index (κ3) is 4.51. The topological polar surface area (TPSA) is 25.8 Å². The average molecular weight is 299 g/mol. The molecule has 0 spiro atoms. The number of nitrogens with zero attached hydrogens (tertiary/aromatic N) is 2. The molecular weight excluding hydrogens is 285 g/mol. The molecule has 0 fully saturated rings. The van der Waals surface area contributed by atoms with Crippen molar-refractivity contribution in [3.05, 3.63) is 63.6 Å². The minimum atomic E-state index is 0. The fourth-order valence-corrected chi connectivity index (χ4v) is 1.03. The summed E-state index contributed by atoms with van der Waals surface area (Å²) in [7, 11) is 0. The van der Waals surface area contributed by atoms with E-state index < -0.39 is 0 Å². The van der Waals surface area contributed by atoms with Gasteiger partial charge in [0.15, 0.2) is 0 Å². The van der Waals surface area contributed by atoms with Gasteiger partial charge >= 0.3 is 27.3 Å². The van der Waals surface area contributed by atoms with Gasteiger partial charge in [-0.05, 0) is 24.3 Å². The van der Waals surface area contributed by atoms with Gasteiger partial charge in [-0.15, -0.1) is 0 Å². The molecule has 3 heteroatoms. The van der Waals surface area contributed by atoms with Crippen LogP contribution in [0, 0.1) is 14.9 Å². The first kappa shape index (κ1) is 16.6. The van der Waals surface area contributed by atoms with Crippen molar-refractivity contribution in [2.45, 2.75) is 0 Å². The Morgan fingerprint density at radius 1 is 0.667 bits per heavy atom. The molecule has 0 radical (unpaired) electrons. The Bertz CT molecular complexity index is 311. The van der Waals surface area contributed by atoms with E-state index in [1.807, 2.05) is 36.4 Å². The van der Waals surface area contributed by atoms with Crippen molar-refractivity contribution in [3.63, 3.8) is 0 Å². The van der Waals surface area contributed by atoms with E-state index in [4.69, 9.17) is 0 Å². The van der Waals surface area contributed by atoms with Crippen LogP contribution < -0.4 is 0 Å². The van der Waals surface area contributed by atoms with Gasteiger partial charge in [-0.3, -0.25) is 9.97 Å². The third-order valence-electron chi connectivity index (χ3n) is 1.59. The molecule has 0 N–H and O–H groups in total. The molecule has 74 valence electrons. The standard InChI is InChI=1S/C10H8N2.2CH3.Cd/c1-3-7-11-9(5-1)10-6-2-4-8-12-10;;;/h1-8H;2*1H3;/q;2*-1;+2. The van der Waals surface area contributed by atoms with Crippen molar-refractivity contribution in [1.29, 1.82) is 0 Å². The Hall–Kier alpha value is -0.778. The monoisotopic (exact) mass is 300 g/mol. The van der Waals surface area contributed by atoms with Crippen molar-refractivity contribution >= 4 is 0 Å². The minimum absolute atomic E-state index is 0. The van der Waals surface area contributed by atoms with Crippen molar-refractivity contribution in [3.8, 4) is 11.4 Å². The summed E-state index contributed by atoms with van der Waals surface area (Å²) in [6.45, 7) is 0. The van der Waals surface area contributed by atoms with Crippen LogP contribution in [0.3, 0.4) is 0 Å². The maximum absolute atomic E-state index is 4.19. The molecule has 2 nitrogen and oxygen atoms in total. The van der Waals surface area contributed by atoms with Crippen LogP contribution >= 0.6 is 0 Å². The maximum atomic E-state index is 4.19. The first-order chi connectivity index (χ1) is 5.97. The molecule has 0 aliphatic heterocycles. The average Bonchev–Trinajstić information content (AvgIpc) is 2.21. The molecule has 0 atom stereocenters. The molecule has 2 aromatic heterocycles. The van der Waals surface area contributed by atoms with Gasteiger partial charge in [0.05, 0.1) is 11.4 Å². The Labute approximate surface area is 112 Å². The fourth-order valence-electron chi connectivity index (χ4n) is 1.03. The Kier molecular flexibility index (Phi) is 9.46. The van der Waals surface area contributed by atoms with E-state index >= 15 is 0 Å². The minimum Gasteiger partial charge on any atom is -0.358 e. The Morgan fingerprint density at radius 2 is 1.07 bits per heavy atom. The van der Waals surface area contributed by atoms with Crippen LogP contribution in [0.15, 0.2) is 48.8 Å². The summed E-state index contributed by atoms with van der Waals surface area (Å²) in [5.74, 6) is 0. The second-order valence-electron chi connectivity index (χ2n) is 2.43. The second-order valence-corrected chi connectivity index (χ2v) is 2.43. The zero-order valence-corrected chi connectivity index (χ0v) is 13.3. The molecule has 0 amide bonds. The molecule has 0 aliphatic rings. The summed E-state index contributed by atoms with van der Waals surface area (Å²) in [6, 6.07) is 11.6. The van der Waals surface area contributed by atoms with Gasteiger partial charge in [-0.1, -0.05) is 12.1 Å². The molecule has 2 rings (SSSR count). The molecule has 2 heterocycles. The number of rotatable bonds is 1. The van der Waals surface area contributed by atoms with E-state index in [2.05, 4.69) is 9.97 Å². The van der Waals surface area contributed by atoms with Crippen LogP contribution in [0.4, 0.5) is 0 Å². The summed E-state index contributed by atoms with van der Waals surface area (Å²) in [5.41, 5.74) is 1.83. The van der Waals surface area contributed by atoms with Crippen LogP contribution in [0.25, 0.3) is 11.4 Å². The largest absolute Gasteiger partial charge is 2.00 e. The Balaban J connectivity index is 0. The molecule has 0 unspecified atom stereocenters. The number of hydrogen-bond acceptors (Lipinski definition) is 2. The molecule has 0 aliphatic carbocycles. The summed E-state index contributed by atoms with van der Waals surface area (Å²) in [4.78, 5) is 8.37.